The van der Waals surface area contributed by atoms with Crippen molar-refractivity contribution in [2.45, 2.75) is 38.5 Å². The van der Waals surface area contributed by atoms with E-state index in [1.54, 1.807) is 28.4 Å². The molecule has 0 unspecified atom stereocenters. The summed E-state index contributed by atoms with van der Waals surface area (Å²) in [7, 11) is 0. The molecule has 0 spiro atoms. The SMILES string of the molecule is O=C(c1ccco1)N1CCN(C(=O)c2cc3c(s2)CCCCCC3)CC1. The molecule has 4 rings (SSSR count). The van der Waals surface area contributed by atoms with E-state index in [0.29, 0.717) is 31.9 Å². The Morgan fingerprint density at radius 2 is 1.62 bits per heavy atom. The number of carbonyl (C=O) groups excluding carboxylic acids is 2. The second-order valence-electron chi connectivity index (χ2n) is 7.03. The average Bonchev–Trinajstić information content (AvgIpc) is 3.31. The van der Waals surface area contributed by atoms with Crippen LogP contribution in [0.1, 0.15) is 56.4 Å². The Morgan fingerprint density at radius 3 is 2.31 bits per heavy atom. The van der Waals surface area contributed by atoms with Crippen molar-refractivity contribution < 1.29 is 14.0 Å². The van der Waals surface area contributed by atoms with Gasteiger partial charge in [0.1, 0.15) is 0 Å². The average molecular weight is 372 g/mol. The predicted octanol–water partition coefficient (Wildman–Crippen LogP) is 3.60. The van der Waals surface area contributed by atoms with Gasteiger partial charge in [0.2, 0.25) is 0 Å². The lowest BCUT2D eigenvalue weighted by molar-refractivity contribution is 0.0520. The second kappa shape index (κ2) is 7.66. The van der Waals surface area contributed by atoms with Crippen LogP contribution in [0.5, 0.6) is 0 Å². The maximum absolute atomic E-state index is 12.9. The van der Waals surface area contributed by atoms with Crippen molar-refractivity contribution in [2.24, 2.45) is 0 Å². The minimum atomic E-state index is -0.0961. The van der Waals surface area contributed by atoms with Gasteiger partial charge in [0.05, 0.1) is 11.1 Å². The number of amides is 2. The summed E-state index contributed by atoms with van der Waals surface area (Å²) in [6, 6.07) is 5.52. The van der Waals surface area contributed by atoms with E-state index in [2.05, 4.69) is 6.07 Å². The molecule has 3 heterocycles. The van der Waals surface area contributed by atoms with E-state index in [4.69, 9.17) is 4.42 Å². The van der Waals surface area contributed by atoms with Gasteiger partial charge in [-0.2, -0.15) is 0 Å². The summed E-state index contributed by atoms with van der Waals surface area (Å²) < 4.78 is 5.19. The number of hydrogen-bond donors (Lipinski definition) is 0. The molecule has 6 heteroatoms. The van der Waals surface area contributed by atoms with Gasteiger partial charge >= 0.3 is 0 Å². The molecule has 138 valence electrons. The largest absolute Gasteiger partial charge is 0.459 e. The van der Waals surface area contributed by atoms with Crippen LogP contribution >= 0.6 is 11.3 Å². The van der Waals surface area contributed by atoms with E-state index < -0.39 is 0 Å². The van der Waals surface area contributed by atoms with Crippen molar-refractivity contribution in [3.8, 4) is 0 Å². The Morgan fingerprint density at radius 1 is 0.923 bits per heavy atom. The molecule has 0 bridgehead atoms. The van der Waals surface area contributed by atoms with Gasteiger partial charge in [-0.25, -0.2) is 0 Å². The zero-order valence-electron chi connectivity index (χ0n) is 14.9. The lowest BCUT2D eigenvalue weighted by Crippen LogP contribution is -2.50. The fourth-order valence-electron chi connectivity index (χ4n) is 3.77. The van der Waals surface area contributed by atoms with Crippen LogP contribution in [0.4, 0.5) is 0 Å². The van der Waals surface area contributed by atoms with E-state index in [9.17, 15) is 9.59 Å². The van der Waals surface area contributed by atoms with Crippen molar-refractivity contribution in [1.82, 2.24) is 9.80 Å². The van der Waals surface area contributed by atoms with Gasteiger partial charge in [0.25, 0.3) is 11.8 Å². The standard InChI is InChI=1S/C20H24N2O3S/c23-19(16-7-5-13-25-16)21-9-11-22(12-10-21)20(24)18-14-15-6-3-1-2-4-8-17(15)26-18/h5,7,13-14H,1-4,6,8-12H2. The first-order valence-corrected chi connectivity index (χ1v) is 10.3. The van der Waals surface area contributed by atoms with Crippen molar-refractivity contribution in [1.29, 1.82) is 0 Å². The van der Waals surface area contributed by atoms with Crippen LogP contribution in [0.2, 0.25) is 0 Å². The van der Waals surface area contributed by atoms with Gasteiger partial charge in [-0.1, -0.05) is 12.8 Å². The lowest BCUT2D eigenvalue weighted by atomic mass is 10.00. The van der Waals surface area contributed by atoms with Crippen LogP contribution in [0.15, 0.2) is 28.9 Å². The number of aryl methyl sites for hydroxylation is 2. The van der Waals surface area contributed by atoms with Crippen molar-refractivity contribution in [2.75, 3.05) is 26.2 Å². The molecule has 5 nitrogen and oxygen atoms in total. The molecular formula is C20H24N2O3S. The monoisotopic (exact) mass is 372 g/mol. The van der Waals surface area contributed by atoms with Crippen LogP contribution in [0, 0.1) is 0 Å². The highest BCUT2D eigenvalue weighted by molar-refractivity contribution is 7.14. The Labute approximate surface area is 157 Å². The highest BCUT2D eigenvalue weighted by atomic mass is 32.1. The topological polar surface area (TPSA) is 53.8 Å². The molecule has 0 atom stereocenters. The van der Waals surface area contributed by atoms with Crippen molar-refractivity contribution >= 4 is 23.2 Å². The molecule has 1 saturated heterocycles. The molecule has 1 fully saturated rings. The molecule has 0 aromatic carbocycles. The van der Waals surface area contributed by atoms with E-state index in [0.717, 1.165) is 17.7 Å². The van der Waals surface area contributed by atoms with E-state index >= 15 is 0 Å². The maximum Gasteiger partial charge on any atom is 0.289 e. The summed E-state index contributed by atoms with van der Waals surface area (Å²) >= 11 is 1.68. The van der Waals surface area contributed by atoms with Crippen LogP contribution < -0.4 is 0 Å². The minimum Gasteiger partial charge on any atom is -0.459 e. The number of nitrogens with zero attached hydrogens (tertiary/aromatic N) is 2. The number of fused-ring (bicyclic) bond motifs is 1. The molecule has 1 aliphatic heterocycles. The summed E-state index contributed by atoms with van der Waals surface area (Å²) in [6.07, 6.45) is 8.77. The third kappa shape index (κ3) is 3.56. The number of rotatable bonds is 2. The quantitative estimate of drug-likeness (QED) is 0.809. The van der Waals surface area contributed by atoms with Gasteiger partial charge < -0.3 is 14.2 Å². The molecule has 2 aromatic rings. The highest BCUT2D eigenvalue weighted by Gasteiger charge is 2.27. The predicted molar refractivity (Wildman–Crippen MR) is 101 cm³/mol. The molecule has 2 amide bonds. The van der Waals surface area contributed by atoms with Crippen LogP contribution in [-0.2, 0) is 12.8 Å². The fraction of sp³-hybridized carbons (Fsp3) is 0.500. The summed E-state index contributed by atoms with van der Waals surface area (Å²) in [5.41, 5.74) is 1.38. The van der Waals surface area contributed by atoms with Crippen LogP contribution in [0.3, 0.4) is 0 Å². The zero-order valence-corrected chi connectivity index (χ0v) is 15.7. The van der Waals surface area contributed by atoms with Gasteiger partial charge in [-0.05, 0) is 49.4 Å². The molecule has 0 saturated carbocycles. The van der Waals surface area contributed by atoms with Crippen LogP contribution in [0.25, 0.3) is 0 Å². The summed E-state index contributed by atoms with van der Waals surface area (Å²) in [5, 5.41) is 0. The lowest BCUT2D eigenvalue weighted by Gasteiger charge is -2.34. The molecular weight excluding hydrogens is 348 g/mol. The molecule has 2 aliphatic rings. The van der Waals surface area contributed by atoms with E-state index in [-0.39, 0.29) is 11.8 Å². The minimum absolute atomic E-state index is 0.0961. The van der Waals surface area contributed by atoms with E-state index in [1.165, 1.54) is 42.4 Å². The molecule has 1 aliphatic carbocycles. The number of carbonyl (C=O) groups is 2. The summed E-state index contributed by atoms with van der Waals surface area (Å²) in [6.45, 7) is 2.26. The number of furan rings is 1. The number of hydrogen-bond acceptors (Lipinski definition) is 4. The van der Waals surface area contributed by atoms with Gasteiger partial charge in [-0.3, -0.25) is 9.59 Å². The Kier molecular flexibility index (Phi) is 5.11. The Hall–Kier alpha value is -2.08. The second-order valence-corrected chi connectivity index (χ2v) is 8.17. The van der Waals surface area contributed by atoms with Crippen LogP contribution in [-0.4, -0.2) is 47.8 Å². The zero-order chi connectivity index (χ0) is 17.9. The molecule has 2 aromatic heterocycles. The fourth-order valence-corrected chi connectivity index (χ4v) is 5.00. The van der Waals surface area contributed by atoms with E-state index in [1.807, 2.05) is 4.90 Å². The molecule has 26 heavy (non-hydrogen) atoms. The normalized spacial score (nSPS) is 18.2. The number of piperazine rings is 1. The summed E-state index contributed by atoms with van der Waals surface area (Å²) in [5.74, 6) is 0.385. The smallest absolute Gasteiger partial charge is 0.289 e. The van der Waals surface area contributed by atoms with Gasteiger partial charge in [0, 0.05) is 31.1 Å². The molecule has 0 N–H and O–H groups in total. The molecule has 0 radical (unpaired) electrons. The highest BCUT2D eigenvalue weighted by Crippen LogP contribution is 2.29. The van der Waals surface area contributed by atoms with Gasteiger partial charge in [0.15, 0.2) is 5.76 Å². The van der Waals surface area contributed by atoms with Crippen molar-refractivity contribution in [3.63, 3.8) is 0 Å². The first-order chi connectivity index (χ1) is 12.7. The first-order valence-electron chi connectivity index (χ1n) is 9.46. The third-order valence-corrected chi connectivity index (χ3v) is 6.52. The third-order valence-electron chi connectivity index (χ3n) is 5.29. The Balaban J connectivity index is 1.39. The number of thiophene rings is 1. The van der Waals surface area contributed by atoms with Gasteiger partial charge in [-0.15, -0.1) is 11.3 Å². The first kappa shape index (κ1) is 17.3. The maximum atomic E-state index is 12.9. The Bertz CT molecular complexity index is 748. The van der Waals surface area contributed by atoms with Crippen molar-refractivity contribution in [3.05, 3.63) is 45.5 Å². The summed E-state index contributed by atoms with van der Waals surface area (Å²) in [4.78, 5) is 31.2.